The highest BCUT2D eigenvalue weighted by Crippen LogP contribution is 2.42. The lowest BCUT2D eigenvalue weighted by molar-refractivity contribution is -0.134. The van der Waals surface area contributed by atoms with Gasteiger partial charge in [0.05, 0.1) is 11.7 Å². The van der Waals surface area contributed by atoms with Gasteiger partial charge in [0.1, 0.15) is 23.1 Å². The molecule has 2 fully saturated rings. The van der Waals surface area contributed by atoms with Gasteiger partial charge in [-0.2, -0.15) is 0 Å². The number of amides is 1. The number of carbonyl (C=O) groups is 1. The van der Waals surface area contributed by atoms with Crippen molar-refractivity contribution < 1.29 is 23.8 Å². The van der Waals surface area contributed by atoms with Crippen molar-refractivity contribution in [2.24, 2.45) is 7.05 Å². The van der Waals surface area contributed by atoms with Gasteiger partial charge < -0.3 is 24.0 Å². The molecule has 230 valence electrons. The summed E-state index contributed by atoms with van der Waals surface area (Å²) < 4.78 is 28.6. The number of hydrogen-bond donors (Lipinski definition) is 1. The first kappa shape index (κ1) is 30.8. The molecule has 1 saturated heterocycles. The van der Waals surface area contributed by atoms with Gasteiger partial charge in [0.15, 0.2) is 0 Å². The molecule has 1 saturated carbocycles. The number of benzene rings is 2. The van der Waals surface area contributed by atoms with Crippen LogP contribution in [0.25, 0.3) is 11.1 Å². The molecule has 0 atom stereocenters. The highest BCUT2D eigenvalue weighted by Gasteiger charge is 2.31. The molecule has 2 heterocycles. The van der Waals surface area contributed by atoms with Crippen LogP contribution in [0.4, 0.5) is 4.39 Å². The Kier molecular flexibility index (Phi) is 8.97. The van der Waals surface area contributed by atoms with Gasteiger partial charge in [-0.25, -0.2) is 4.39 Å². The summed E-state index contributed by atoms with van der Waals surface area (Å²) in [5.74, 6) is 1.43. The molecular weight excluding hydrogens is 547 g/mol. The van der Waals surface area contributed by atoms with Crippen LogP contribution in [-0.4, -0.2) is 39.2 Å². The Morgan fingerprint density at radius 2 is 1.60 bits per heavy atom. The van der Waals surface area contributed by atoms with Crippen LogP contribution in [0.5, 0.6) is 17.2 Å². The molecular formula is C35H43FN2O5. The lowest BCUT2D eigenvalue weighted by atomic mass is 9.91. The Hall–Kier alpha value is -3.65. The summed E-state index contributed by atoms with van der Waals surface area (Å²) >= 11 is 0. The van der Waals surface area contributed by atoms with Crippen molar-refractivity contribution in [3.05, 3.63) is 75.5 Å². The summed E-state index contributed by atoms with van der Waals surface area (Å²) in [7, 11) is 1.69. The van der Waals surface area contributed by atoms with E-state index >= 15 is 0 Å². The van der Waals surface area contributed by atoms with Crippen LogP contribution < -0.4 is 15.0 Å². The molecule has 0 radical (unpaired) electrons. The number of hydrogen-bond acceptors (Lipinski definition) is 5. The highest BCUT2D eigenvalue weighted by atomic mass is 19.1. The summed E-state index contributed by atoms with van der Waals surface area (Å²) in [6, 6.07) is 10.1. The fourth-order valence-corrected chi connectivity index (χ4v) is 6.33. The third-order valence-corrected chi connectivity index (χ3v) is 8.79. The molecule has 1 aliphatic carbocycles. The third-order valence-electron chi connectivity index (χ3n) is 8.79. The van der Waals surface area contributed by atoms with Crippen LogP contribution in [0.1, 0.15) is 81.9 Å². The predicted molar refractivity (Wildman–Crippen MR) is 165 cm³/mol. The first-order valence-electron chi connectivity index (χ1n) is 15.4. The van der Waals surface area contributed by atoms with Crippen LogP contribution in [0.15, 0.2) is 47.4 Å². The quantitative estimate of drug-likeness (QED) is 0.323. The summed E-state index contributed by atoms with van der Waals surface area (Å²) in [6.07, 6.45) is 8.70. The fourth-order valence-electron chi connectivity index (χ4n) is 6.33. The standard InChI is InChI=1S/C35H43FN2O5/c1-22-17-25(36)18-23(2)34(22)43-30-15-10-24(35(3,4)41)19-28(30)29-21-37(5)33(40)20-31(29)42-27-13-11-26(12-14-27)38-16-8-6-7-9-32(38)39/h10,15,17-21,26-27,41H,6-9,11-14,16H2,1-5H3. The third kappa shape index (κ3) is 6.96. The van der Waals surface area contributed by atoms with Crippen LogP contribution in [-0.2, 0) is 17.4 Å². The van der Waals surface area contributed by atoms with Crippen molar-refractivity contribution in [3.63, 3.8) is 0 Å². The van der Waals surface area contributed by atoms with Gasteiger partial charge in [0.2, 0.25) is 5.91 Å². The van der Waals surface area contributed by atoms with E-state index < -0.39 is 5.60 Å². The van der Waals surface area contributed by atoms with Gasteiger partial charge in [-0.05, 0) is 107 Å². The van der Waals surface area contributed by atoms with E-state index in [1.807, 2.05) is 6.07 Å². The molecule has 1 N–H and O–H groups in total. The number of ether oxygens (including phenoxy) is 2. The largest absolute Gasteiger partial charge is 0.490 e. The first-order valence-corrected chi connectivity index (χ1v) is 15.4. The van der Waals surface area contributed by atoms with E-state index in [0.29, 0.717) is 51.5 Å². The maximum Gasteiger partial charge on any atom is 0.254 e. The minimum absolute atomic E-state index is 0.104. The number of carbonyl (C=O) groups excluding carboxylic acids is 1. The average Bonchev–Trinajstić information content (AvgIpc) is 3.16. The van der Waals surface area contributed by atoms with Gasteiger partial charge in [0.25, 0.3) is 5.56 Å². The number of nitrogens with zero attached hydrogens (tertiary/aromatic N) is 2. The molecule has 0 bridgehead atoms. The highest BCUT2D eigenvalue weighted by molar-refractivity contribution is 5.77. The van der Waals surface area contributed by atoms with E-state index in [-0.39, 0.29) is 29.4 Å². The molecule has 43 heavy (non-hydrogen) atoms. The van der Waals surface area contributed by atoms with Crippen molar-refractivity contribution in [3.8, 4) is 28.4 Å². The molecule has 3 aromatic rings. The van der Waals surface area contributed by atoms with Crippen LogP contribution in [0.3, 0.4) is 0 Å². The molecule has 1 aromatic heterocycles. The van der Waals surface area contributed by atoms with Crippen LogP contribution in [0, 0.1) is 19.7 Å². The van der Waals surface area contributed by atoms with Gasteiger partial charge >= 0.3 is 0 Å². The van der Waals surface area contributed by atoms with Crippen molar-refractivity contribution in [2.75, 3.05) is 6.54 Å². The Balaban J connectivity index is 1.48. The summed E-state index contributed by atoms with van der Waals surface area (Å²) in [5.41, 5.74) is 1.97. The molecule has 5 rings (SSSR count). The zero-order valence-corrected chi connectivity index (χ0v) is 25.9. The summed E-state index contributed by atoms with van der Waals surface area (Å²) in [6.45, 7) is 7.86. The van der Waals surface area contributed by atoms with Crippen molar-refractivity contribution in [2.45, 2.75) is 96.8 Å². The number of aliphatic hydroxyl groups is 1. The van der Waals surface area contributed by atoms with E-state index in [9.17, 15) is 19.1 Å². The Bertz CT molecular complexity index is 1530. The van der Waals surface area contributed by atoms with E-state index in [0.717, 1.165) is 51.5 Å². The van der Waals surface area contributed by atoms with Gasteiger partial charge in [0, 0.05) is 49.4 Å². The molecule has 8 heteroatoms. The van der Waals surface area contributed by atoms with E-state index in [1.165, 1.54) is 22.8 Å². The van der Waals surface area contributed by atoms with Crippen LogP contribution >= 0.6 is 0 Å². The molecule has 2 aromatic carbocycles. The second-order valence-electron chi connectivity index (χ2n) is 12.7. The number of rotatable bonds is 7. The zero-order chi connectivity index (χ0) is 30.9. The fraction of sp³-hybridized carbons (Fsp3) is 0.486. The smallest absolute Gasteiger partial charge is 0.254 e. The minimum Gasteiger partial charge on any atom is -0.490 e. The van der Waals surface area contributed by atoms with Gasteiger partial charge in [-0.1, -0.05) is 12.5 Å². The van der Waals surface area contributed by atoms with Crippen molar-refractivity contribution in [1.29, 1.82) is 0 Å². The Labute approximate surface area is 253 Å². The summed E-state index contributed by atoms with van der Waals surface area (Å²) in [4.78, 5) is 27.6. The molecule has 1 amide bonds. The van der Waals surface area contributed by atoms with Gasteiger partial charge in [-0.3, -0.25) is 9.59 Å². The van der Waals surface area contributed by atoms with E-state index in [1.54, 1.807) is 53.1 Å². The Morgan fingerprint density at radius 1 is 0.907 bits per heavy atom. The van der Waals surface area contributed by atoms with Crippen molar-refractivity contribution in [1.82, 2.24) is 9.47 Å². The van der Waals surface area contributed by atoms with E-state index in [2.05, 4.69) is 4.90 Å². The second kappa shape index (κ2) is 12.5. The minimum atomic E-state index is -1.13. The number of aromatic nitrogens is 1. The first-order chi connectivity index (χ1) is 20.4. The number of halogens is 1. The molecule has 1 aliphatic heterocycles. The monoisotopic (exact) mass is 590 g/mol. The topological polar surface area (TPSA) is 81.0 Å². The van der Waals surface area contributed by atoms with Gasteiger partial charge in [-0.15, -0.1) is 0 Å². The summed E-state index contributed by atoms with van der Waals surface area (Å²) in [5, 5.41) is 10.9. The maximum atomic E-state index is 14.0. The second-order valence-corrected chi connectivity index (χ2v) is 12.7. The zero-order valence-electron chi connectivity index (χ0n) is 25.9. The SMILES string of the molecule is Cc1cc(F)cc(C)c1Oc1ccc(C(C)(C)O)cc1-c1cn(C)c(=O)cc1OC1CCC(N2CCCCCC2=O)CC1. The lowest BCUT2D eigenvalue weighted by Gasteiger charge is -2.36. The predicted octanol–water partition coefficient (Wildman–Crippen LogP) is 6.92. The van der Waals surface area contributed by atoms with Crippen molar-refractivity contribution >= 4 is 5.91 Å². The maximum absolute atomic E-state index is 14.0. The molecule has 2 aliphatic rings. The normalized spacial score (nSPS) is 19.7. The average molecular weight is 591 g/mol. The Morgan fingerprint density at radius 3 is 2.28 bits per heavy atom. The number of aryl methyl sites for hydroxylation is 3. The molecule has 0 spiro atoms. The lowest BCUT2D eigenvalue weighted by Crippen LogP contribution is -2.43. The van der Waals surface area contributed by atoms with Crippen LogP contribution in [0.2, 0.25) is 0 Å². The molecule has 0 unspecified atom stereocenters. The number of likely N-dealkylation sites (tertiary alicyclic amines) is 1. The molecule has 7 nitrogen and oxygen atoms in total. The van der Waals surface area contributed by atoms with E-state index in [4.69, 9.17) is 9.47 Å². The number of pyridine rings is 1.